The third-order valence-electron chi connectivity index (χ3n) is 7.05. The third-order valence-corrected chi connectivity index (χ3v) is 8.83. The van der Waals surface area contributed by atoms with E-state index in [1.54, 1.807) is 66.7 Å². The SMILES string of the molecule is O=C(CN(c1ccc(Oc2ccccc2)cc1)S(=O)(=O)c1ccccc1)Nc1ccccc1C(=O)N1CCCCCC1. The second-order valence-electron chi connectivity index (χ2n) is 10.0. The number of carbonyl (C=O) groups is 2. The number of likely N-dealkylation sites (tertiary alicyclic amines) is 1. The average molecular weight is 584 g/mol. The molecule has 2 amide bonds. The standard InChI is InChI=1S/C33H33N3O5S/c37-32(34-31-18-10-9-17-30(31)33(38)35-23-11-1-2-12-24-35)25-36(42(39,40)29-15-7-4-8-16-29)26-19-21-28(22-20-26)41-27-13-5-3-6-14-27/h3-10,13-22H,1-2,11-12,23-25H2,(H,34,37). The molecule has 0 bridgehead atoms. The number of rotatable bonds is 9. The van der Waals surface area contributed by atoms with Crippen molar-refractivity contribution < 1.29 is 22.7 Å². The molecule has 0 saturated carbocycles. The van der Waals surface area contributed by atoms with Gasteiger partial charge in [0.05, 0.1) is 21.8 Å². The Labute approximate surface area is 246 Å². The lowest BCUT2D eigenvalue weighted by Crippen LogP contribution is -2.38. The number of sulfonamides is 1. The topological polar surface area (TPSA) is 96.0 Å². The summed E-state index contributed by atoms with van der Waals surface area (Å²) in [6.45, 7) is 0.852. The molecule has 1 saturated heterocycles. The Morgan fingerprint density at radius 2 is 1.29 bits per heavy atom. The van der Waals surface area contributed by atoms with Crippen molar-refractivity contribution in [3.05, 3.63) is 115 Å². The Kier molecular flexibility index (Phi) is 9.18. The van der Waals surface area contributed by atoms with Gasteiger partial charge in [-0.3, -0.25) is 13.9 Å². The first kappa shape index (κ1) is 28.9. The molecule has 0 aliphatic carbocycles. The van der Waals surface area contributed by atoms with Crippen molar-refractivity contribution in [2.45, 2.75) is 30.6 Å². The summed E-state index contributed by atoms with van der Waals surface area (Å²) in [7, 11) is -4.10. The van der Waals surface area contributed by atoms with Gasteiger partial charge in [0, 0.05) is 13.1 Å². The number of carbonyl (C=O) groups excluding carboxylic acids is 2. The van der Waals surface area contributed by atoms with Crippen molar-refractivity contribution in [2.75, 3.05) is 29.3 Å². The molecule has 5 rings (SSSR count). The second-order valence-corrected chi connectivity index (χ2v) is 11.9. The van der Waals surface area contributed by atoms with Gasteiger partial charge in [-0.05, 0) is 73.5 Å². The fraction of sp³-hybridized carbons (Fsp3) is 0.212. The van der Waals surface area contributed by atoms with Crippen molar-refractivity contribution in [1.29, 1.82) is 0 Å². The zero-order valence-corrected chi connectivity index (χ0v) is 24.0. The van der Waals surface area contributed by atoms with Crippen LogP contribution in [0.2, 0.25) is 0 Å². The minimum Gasteiger partial charge on any atom is -0.457 e. The van der Waals surface area contributed by atoms with Gasteiger partial charge >= 0.3 is 0 Å². The van der Waals surface area contributed by atoms with Crippen LogP contribution in [0.3, 0.4) is 0 Å². The van der Waals surface area contributed by atoms with Gasteiger partial charge in [0.15, 0.2) is 0 Å². The van der Waals surface area contributed by atoms with Gasteiger partial charge in [-0.25, -0.2) is 8.42 Å². The lowest BCUT2D eigenvalue weighted by Gasteiger charge is -2.25. The van der Waals surface area contributed by atoms with Crippen LogP contribution in [-0.4, -0.2) is 44.8 Å². The summed E-state index contributed by atoms with van der Waals surface area (Å²) in [5, 5.41) is 2.80. The van der Waals surface area contributed by atoms with Gasteiger partial charge in [-0.15, -0.1) is 0 Å². The van der Waals surface area contributed by atoms with Gasteiger partial charge in [0.2, 0.25) is 5.91 Å². The molecule has 42 heavy (non-hydrogen) atoms. The predicted octanol–water partition coefficient (Wildman–Crippen LogP) is 6.33. The van der Waals surface area contributed by atoms with Crippen molar-refractivity contribution in [2.24, 2.45) is 0 Å². The first-order valence-corrected chi connectivity index (χ1v) is 15.4. The molecule has 1 heterocycles. The summed E-state index contributed by atoms with van der Waals surface area (Å²) in [5.74, 6) is 0.449. The van der Waals surface area contributed by atoms with E-state index >= 15 is 0 Å². The Balaban J connectivity index is 1.39. The van der Waals surface area contributed by atoms with Crippen molar-refractivity contribution in [3.63, 3.8) is 0 Å². The Morgan fingerprint density at radius 1 is 0.714 bits per heavy atom. The van der Waals surface area contributed by atoms with E-state index in [1.165, 1.54) is 12.1 Å². The van der Waals surface area contributed by atoms with Gasteiger partial charge in [0.25, 0.3) is 15.9 Å². The molecule has 1 fully saturated rings. The summed E-state index contributed by atoms with van der Waals surface area (Å²) in [6.07, 6.45) is 4.07. The molecule has 0 atom stereocenters. The first-order valence-electron chi connectivity index (χ1n) is 14.0. The minimum atomic E-state index is -4.10. The van der Waals surface area contributed by atoms with Crippen LogP contribution in [0, 0.1) is 0 Å². The van der Waals surface area contributed by atoms with Gasteiger partial charge in [-0.2, -0.15) is 0 Å². The molecule has 0 spiro atoms. The molecule has 0 aromatic heterocycles. The quantitative estimate of drug-likeness (QED) is 0.248. The number of nitrogens with one attached hydrogen (secondary N) is 1. The second kappa shape index (κ2) is 13.4. The molecule has 0 unspecified atom stereocenters. The zero-order valence-electron chi connectivity index (χ0n) is 23.2. The van der Waals surface area contributed by atoms with E-state index in [2.05, 4.69) is 5.32 Å². The minimum absolute atomic E-state index is 0.0548. The van der Waals surface area contributed by atoms with Crippen LogP contribution >= 0.6 is 0 Å². The number of benzene rings is 4. The van der Waals surface area contributed by atoms with E-state index < -0.39 is 22.5 Å². The van der Waals surface area contributed by atoms with E-state index in [0.29, 0.717) is 41.5 Å². The van der Waals surface area contributed by atoms with E-state index in [4.69, 9.17) is 4.74 Å². The molecular formula is C33H33N3O5S. The zero-order chi connectivity index (χ0) is 29.4. The summed E-state index contributed by atoms with van der Waals surface area (Å²) >= 11 is 0. The lowest BCUT2D eigenvalue weighted by molar-refractivity contribution is -0.114. The molecule has 216 valence electrons. The Hall–Kier alpha value is -4.63. The van der Waals surface area contributed by atoms with Crippen LogP contribution in [0.4, 0.5) is 11.4 Å². The smallest absolute Gasteiger partial charge is 0.264 e. The highest BCUT2D eigenvalue weighted by Gasteiger charge is 2.28. The highest BCUT2D eigenvalue weighted by molar-refractivity contribution is 7.92. The van der Waals surface area contributed by atoms with Crippen LogP contribution < -0.4 is 14.4 Å². The average Bonchev–Trinajstić information content (AvgIpc) is 3.31. The van der Waals surface area contributed by atoms with E-state index in [1.807, 2.05) is 35.2 Å². The summed E-state index contributed by atoms with van der Waals surface area (Å²) in [5.41, 5.74) is 1.02. The summed E-state index contributed by atoms with van der Waals surface area (Å²) < 4.78 is 34.4. The molecular weight excluding hydrogens is 550 g/mol. The molecule has 1 aliphatic heterocycles. The highest BCUT2D eigenvalue weighted by atomic mass is 32.2. The molecule has 1 N–H and O–H groups in total. The number of ether oxygens (including phenoxy) is 1. The van der Waals surface area contributed by atoms with Gasteiger partial charge in [-0.1, -0.05) is 61.4 Å². The summed E-state index contributed by atoms with van der Waals surface area (Å²) in [4.78, 5) is 28.7. The number of hydrogen-bond acceptors (Lipinski definition) is 5. The maximum atomic E-state index is 13.8. The van der Waals surface area contributed by atoms with Crippen LogP contribution in [0.5, 0.6) is 11.5 Å². The number of hydrogen-bond donors (Lipinski definition) is 1. The van der Waals surface area contributed by atoms with Gasteiger partial charge < -0.3 is 15.0 Å². The van der Waals surface area contributed by atoms with Crippen molar-refractivity contribution >= 4 is 33.2 Å². The third kappa shape index (κ3) is 6.98. The number of nitrogens with zero attached hydrogens (tertiary/aromatic N) is 2. The largest absolute Gasteiger partial charge is 0.457 e. The fourth-order valence-electron chi connectivity index (χ4n) is 4.88. The van der Waals surface area contributed by atoms with Crippen LogP contribution in [0.15, 0.2) is 114 Å². The van der Waals surface area contributed by atoms with Crippen molar-refractivity contribution in [3.8, 4) is 11.5 Å². The van der Waals surface area contributed by atoms with Crippen LogP contribution in [-0.2, 0) is 14.8 Å². The highest BCUT2D eigenvalue weighted by Crippen LogP contribution is 2.28. The first-order chi connectivity index (χ1) is 20.4. The van der Waals surface area contributed by atoms with E-state index in [-0.39, 0.29) is 10.8 Å². The number of para-hydroxylation sites is 2. The molecule has 8 nitrogen and oxygen atoms in total. The maximum Gasteiger partial charge on any atom is 0.264 e. The molecule has 9 heteroatoms. The monoisotopic (exact) mass is 583 g/mol. The van der Waals surface area contributed by atoms with E-state index in [9.17, 15) is 18.0 Å². The maximum absolute atomic E-state index is 13.8. The van der Waals surface area contributed by atoms with E-state index in [0.717, 1.165) is 30.0 Å². The van der Waals surface area contributed by atoms with Crippen LogP contribution in [0.25, 0.3) is 0 Å². The fourth-order valence-corrected chi connectivity index (χ4v) is 6.32. The normalized spacial score (nSPS) is 13.6. The molecule has 4 aromatic rings. The predicted molar refractivity (Wildman–Crippen MR) is 163 cm³/mol. The Bertz CT molecular complexity index is 1600. The van der Waals surface area contributed by atoms with Crippen LogP contribution in [0.1, 0.15) is 36.0 Å². The van der Waals surface area contributed by atoms with Gasteiger partial charge in [0.1, 0.15) is 18.0 Å². The molecule has 4 aromatic carbocycles. The lowest BCUT2D eigenvalue weighted by atomic mass is 10.1. The molecule has 0 radical (unpaired) electrons. The number of amides is 2. The Morgan fingerprint density at radius 3 is 1.95 bits per heavy atom. The summed E-state index contributed by atoms with van der Waals surface area (Å²) in [6, 6.07) is 30.6. The molecule has 1 aliphatic rings. The number of anilines is 2. The van der Waals surface area contributed by atoms with Crippen molar-refractivity contribution in [1.82, 2.24) is 4.90 Å².